The Morgan fingerprint density at radius 1 is 1.17 bits per heavy atom. The van der Waals surface area contributed by atoms with Crippen LogP contribution in [0.1, 0.15) is 37.7 Å². The van der Waals surface area contributed by atoms with Gasteiger partial charge >= 0.3 is 0 Å². The highest BCUT2D eigenvalue weighted by Crippen LogP contribution is 2.39. The lowest BCUT2D eigenvalue weighted by Crippen LogP contribution is -2.38. The van der Waals surface area contributed by atoms with Crippen LogP contribution >= 0.6 is 15.9 Å². The minimum absolute atomic E-state index is 0.481. The highest BCUT2D eigenvalue weighted by molar-refractivity contribution is 9.09. The van der Waals surface area contributed by atoms with Crippen LogP contribution in [0, 0.1) is 12.3 Å². The summed E-state index contributed by atoms with van der Waals surface area (Å²) < 4.78 is 0. The number of hydrogen-bond acceptors (Lipinski definition) is 1. The summed E-state index contributed by atoms with van der Waals surface area (Å²) in [6.07, 6.45) is 6.95. The second-order valence-electron chi connectivity index (χ2n) is 5.84. The van der Waals surface area contributed by atoms with Crippen molar-refractivity contribution in [2.75, 3.05) is 23.8 Å². The number of halogens is 1. The smallest absolute Gasteiger partial charge is 0.0393 e. The Kier molecular flexibility index (Phi) is 4.71. The zero-order valence-corrected chi connectivity index (χ0v) is 13.2. The highest BCUT2D eigenvalue weighted by atomic mass is 79.9. The monoisotopic (exact) mass is 309 g/mol. The molecule has 1 aromatic rings. The van der Waals surface area contributed by atoms with Crippen molar-refractivity contribution >= 4 is 21.6 Å². The zero-order valence-electron chi connectivity index (χ0n) is 11.6. The van der Waals surface area contributed by atoms with Crippen LogP contribution in [-0.4, -0.2) is 18.9 Å². The molecule has 1 nitrogen and oxygen atoms in total. The summed E-state index contributed by atoms with van der Waals surface area (Å²) in [5.74, 6) is 0. The number of para-hydroxylation sites is 1. The number of hydrogen-bond donors (Lipinski definition) is 0. The van der Waals surface area contributed by atoms with Gasteiger partial charge in [-0.1, -0.05) is 53.4 Å². The molecule has 0 bridgehead atoms. The molecule has 0 aliphatic heterocycles. The van der Waals surface area contributed by atoms with Gasteiger partial charge in [-0.2, -0.15) is 0 Å². The van der Waals surface area contributed by atoms with Gasteiger partial charge in [0.15, 0.2) is 0 Å². The van der Waals surface area contributed by atoms with E-state index in [1.54, 1.807) is 0 Å². The molecule has 0 heterocycles. The SMILES string of the molecule is Cc1ccccc1N(C)CC1(CBr)CCCCC1. The lowest BCUT2D eigenvalue weighted by atomic mass is 9.75. The Morgan fingerprint density at radius 2 is 1.83 bits per heavy atom. The van der Waals surface area contributed by atoms with Crippen LogP contribution in [0.4, 0.5) is 5.69 Å². The van der Waals surface area contributed by atoms with E-state index in [1.807, 2.05) is 0 Å². The van der Waals surface area contributed by atoms with Crippen LogP contribution in [0.5, 0.6) is 0 Å². The van der Waals surface area contributed by atoms with E-state index in [9.17, 15) is 0 Å². The van der Waals surface area contributed by atoms with Crippen LogP contribution in [0.15, 0.2) is 24.3 Å². The lowest BCUT2D eigenvalue weighted by Gasteiger charge is -2.40. The second kappa shape index (κ2) is 6.10. The van der Waals surface area contributed by atoms with Gasteiger partial charge in [-0.05, 0) is 36.8 Å². The van der Waals surface area contributed by atoms with Crippen LogP contribution in [0.25, 0.3) is 0 Å². The van der Waals surface area contributed by atoms with Gasteiger partial charge in [0.2, 0.25) is 0 Å². The minimum atomic E-state index is 0.481. The Hall–Kier alpha value is -0.500. The van der Waals surface area contributed by atoms with Gasteiger partial charge in [-0.3, -0.25) is 0 Å². The van der Waals surface area contributed by atoms with E-state index in [0.29, 0.717) is 5.41 Å². The van der Waals surface area contributed by atoms with Gasteiger partial charge in [-0.25, -0.2) is 0 Å². The first-order valence-electron chi connectivity index (χ1n) is 7.00. The maximum Gasteiger partial charge on any atom is 0.0393 e. The molecule has 0 aromatic heterocycles. The van der Waals surface area contributed by atoms with Crippen LogP contribution in [0.3, 0.4) is 0 Å². The van der Waals surface area contributed by atoms with Crippen molar-refractivity contribution < 1.29 is 0 Å². The van der Waals surface area contributed by atoms with E-state index in [2.05, 4.69) is 59.1 Å². The normalized spacial score (nSPS) is 18.6. The maximum atomic E-state index is 3.76. The summed E-state index contributed by atoms with van der Waals surface area (Å²) in [5.41, 5.74) is 3.24. The molecule has 1 aromatic carbocycles. The molecule has 0 N–H and O–H groups in total. The molecule has 0 atom stereocenters. The van der Waals surface area contributed by atoms with Gasteiger partial charge in [0, 0.05) is 24.6 Å². The maximum absolute atomic E-state index is 3.76. The molecule has 0 unspecified atom stereocenters. The molecule has 1 aliphatic rings. The molecule has 0 amide bonds. The molecule has 1 saturated carbocycles. The largest absolute Gasteiger partial charge is 0.374 e. The Labute approximate surface area is 120 Å². The van der Waals surface area contributed by atoms with Crippen LogP contribution < -0.4 is 4.90 Å². The molecule has 0 radical (unpaired) electrons. The van der Waals surface area contributed by atoms with Crippen molar-refractivity contribution in [2.45, 2.75) is 39.0 Å². The third-order valence-corrected chi connectivity index (χ3v) is 5.49. The van der Waals surface area contributed by atoms with E-state index < -0.39 is 0 Å². The standard InChI is InChI=1S/C16H24BrN/c1-14-8-4-5-9-15(14)18(2)13-16(12-17)10-6-3-7-11-16/h4-5,8-9H,3,6-7,10-13H2,1-2H3. The van der Waals surface area contributed by atoms with Crippen molar-refractivity contribution in [3.05, 3.63) is 29.8 Å². The molecular weight excluding hydrogens is 286 g/mol. The molecule has 0 saturated heterocycles. The van der Waals surface area contributed by atoms with Crippen molar-refractivity contribution in [3.8, 4) is 0 Å². The van der Waals surface area contributed by atoms with Crippen molar-refractivity contribution in [1.82, 2.24) is 0 Å². The van der Waals surface area contributed by atoms with Crippen molar-refractivity contribution in [2.24, 2.45) is 5.41 Å². The predicted molar refractivity (Wildman–Crippen MR) is 83.8 cm³/mol. The number of benzene rings is 1. The molecular formula is C16H24BrN. The first-order chi connectivity index (χ1) is 8.67. The van der Waals surface area contributed by atoms with Crippen molar-refractivity contribution in [3.63, 3.8) is 0 Å². The molecule has 2 heteroatoms. The first-order valence-corrected chi connectivity index (χ1v) is 8.12. The summed E-state index contributed by atoms with van der Waals surface area (Å²) in [5, 5.41) is 1.14. The van der Waals surface area contributed by atoms with Crippen LogP contribution in [-0.2, 0) is 0 Å². The molecule has 100 valence electrons. The summed E-state index contributed by atoms with van der Waals surface area (Å²) in [6, 6.07) is 8.70. The molecule has 18 heavy (non-hydrogen) atoms. The molecule has 0 spiro atoms. The zero-order chi connectivity index (χ0) is 13.0. The van der Waals surface area contributed by atoms with E-state index in [-0.39, 0.29) is 0 Å². The number of aryl methyl sites for hydroxylation is 1. The third-order valence-electron chi connectivity index (χ3n) is 4.30. The minimum Gasteiger partial charge on any atom is -0.374 e. The fraction of sp³-hybridized carbons (Fsp3) is 0.625. The van der Waals surface area contributed by atoms with Gasteiger partial charge in [-0.15, -0.1) is 0 Å². The number of nitrogens with zero attached hydrogens (tertiary/aromatic N) is 1. The third kappa shape index (κ3) is 3.09. The lowest BCUT2D eigenvalue weighted by molar-refractivity contribution is 0.232. The predicted octanol–water partition coefficient (Wildman–Crippen LogP) is 4.78. The second-order valence-corrected chi connectivity index (χ2v) is 6.40. The summed E-state index contributed by atoms with van der Waals surface area (Å²) in [7, 11) is 2.24. The topological polar surface area (TPSA) is 3.24 Å². The van der Waals surface area contributed by atoms with E-state index >= 15 is 0 Å². The Morgan fingerprint density at radius 3 is 2.44 bits per heavy atom. The average molecular weight is 310 g/mol. The van der Waals surface area contributed by atoms with Gasteiger partial charge < -0.3 is 4.90 Å². The fourth-order valence-electron chi connectivity index (χ4n) is 3.22. The summed E-state index contributed by atoms with van der Waals surface area (Å²) in [4.78, 5) is 2.45. The van der Waals surface area contributed by atoms with Crippen molar-refractivity contribution in [1.29, 1.82) is 0 Å². The number of rotatable bonds is 4. The summed E-state index contributed by atoms with van der Waals surface area (Å²) >= 11 is 3.76. The van der Waals surface area contributed by atoms with Gasteiger partial charge in [0.1, 0.15) is 0 Å². The van der Waals surface area contributed by atoms with Gasteiger partial charge in [0.05, 0.1) is 0 Å². The fourth-order valence-corrected chi connectivity index (χ4v) is 3.95. The van der Waals surface area contributed by atoms with E-state index in [1.165, 1.54) is 49.9 Å². The Balaban J connectivity index is 2.10. The van der Waals surface area contributed by atoms with E-state index in [0.717, 1.165) is 5.33 Å². The molecule has 1 fully saturated rings. The molecule has 2 rings (SSSR count). The quantitative estimate of drug-likeness (QED) is 0.724. The first kappa shape index (κ1) is 13.9. The Bertz CT molecular complexity index is 382. The van der Waals surface area contributed by atoms with Crippen LogP contribution in [0.2, 0.25) is 0 Å². The van der Waals surface area contributed by atoms with E-state index in [4.69, 9.17) is 0 Å². The highest BCUT2D eigenvalue weighted by Gasteiger charge is 2.32. The molecule has 1 aliphatic carbocycles. The average Bonchev–Trinajstić information content (AvgIpc) is 2.40. The van der Waals surface area contributed by atoms with Gasteiger partial charge in [0.25, 0.3) is 0 Å². The number of alkyl halides is 1. The number of anilines is 1. The summed E-state index contributed by atoms with van der Waals surface area (Å²) in [6.45, 7) is 3.37.